The highest BCUT2D eigenvalue weighted by Gasteiger charge is 2.69. The Hall–Kier alpha value is -2.25. The molecule has 7 atom stereocenters. The van der Waals surface area contributed by atoms with Crippen molar-refractivity contribution < 1.29 is 33.3 Å². The minimum atomic E-state index is -0.958. The third-order valence-electron chi connectivity index (χ3n) is 7.19. The molecule has 0 amide bonds. The van der Waals surface area contributed by atoms with E-state index in [1.807, 2.05) is 13.8 Å². The van der Waals surface area contributed by atoms with Gasteiger partial charge in [0.25, 0.3) is 0 Å². The van der Waals surface area contributed by atoms with Crippen molar-refractivity contribution in [3.05, 3.63) is 35.5 Å². The second kappa shape index (κ2) is 8.60. The SMILES string of the molecule is C=C(C)[C@@H]1CC(=O)[C@]2(C)O[C@H]2CC(OC(=O)/C(C)=C\C)[C@@]2(C)O[C@@H]2[C@H]1OC(=O)/C(C)=C\C. The molecule has 0 aromatic heterocycles. The fraction of sp³-hybridized carbons (Fsp3) is 0.640. The number of hydrogen-bond donors (Lipinski definition) is 0. The highest BCUT2D eigenvalue weighted by atomic mass is 16.7. The Labute approximate surface area is 189 Å². The summed E-state index contributed by atoms with van der Waals surface area (Å²) in [4.78, 5) is 38.4. The molecule has 2 aliphatic heterocycles. The van der Waals surface area contributed by atoms with Crippen LogP contribution in [0.25, 0.3) is 0 Å². The first kappa shape index (κ1) is 24.4. The zero-order valence-electron chi connectivity index (χ0n) is 20.0. The van der Waals surface area contributed by atoms with E-state index in [0.717, 1.165) is 0 Å². The highest BCUT2D eigenvalue weighted by Crippen LogP contribution is 2.53. The Bertz CT molecular complexity index is 900. The molecule has 3 fully saturated rings. The van der Waals surface area contributed by atoms with E-state index in [1.165, 1.54) is 0 Å². The summed E-state index contributed by atoms with van der Waals surface area (Å²) in [5.41, 5.74) is -0.184. The van der Waals surface area contributed by atoms with E-state index in [0.29, 0.717) is 23.1 Å². The molecule has 0 spiro atoms. The first-order valence-corrected chi connectivity index (χ1v) is 11.1. The van der Waals surface area contributed by atoms with Crippen molar-refractivity contribution in [1.82, 2.24) is 0 Å². The van der Waals surface area contributed by atoms with Crippen molar-refractivity contribution in [2.24, 2.45) is 5.92 Å². The maximum absolute atomic E-state index is 13.1. The van der Waals surface area contributed by atoms with Gasteiger partial charge in [0.05, 0.1) is 6.10 Å². The molecular formula is C25H34O7. The maximum Gasteiger partial charge on any atom is 0.333 e. The largest absolute Gasteiger partial charge is 0.456 e. The lowest BCUT2D eigenvalue weighted by molar-refractivity contribution is -0.150. The van der Waals surface area contributed by atoms with Gasteiger partial charge in [-0.2, -0.15) is 0 Å². The van der Waals surface area contributed by atoms with Crippen LogP contribution in [0.15, 0.2) is 35.5 Å². The van der Waals surface area contributed by atoms with Gasteiger partial charge >= 0.3 is 11.9 Å². The Morgan fingerprint density at radius 3 is 2.12 bits per heavy atom. The molecule has 2 saturated heterocycles. The number of allylic oxidation sites excluding steroid dienone is 2. The van der Waals surface area contributed by atoms with Crippen LogP contribution in [0, 0.1) is 5.92 Å². The molecule has 0 radical (unpaired) electrons. The van der Waals surface area contributed by atoms with E-state index in [2.05, 4.69) is 6.58 Å². The van der Waals surface area contributed by atoms with Crippen LogP contribution in [0.3, 0.4) is 0 Å². The molecule has 1 aliphatic carbocycles. The predicted molar refractivity (Wildman–Crippen MR) is 118 cm³/mol. The van der Waals surface area contributed by atoms with Crippen molar-refractivity contribution >= 4 is 17.7 Å². The molecule has 0 aromatic carbocycles. The summed E-state index contributed by atoms with van der Waals surface area (Å²) in [6.45, 7) is 16.3. The number of ether oxygens (including phenoxy) is 4. The van der Waals surface area contributed by atoms with Crippen LogP contribution in [0.4, 0.5) is 0 Å². The second-order valence-electron chi connectivity index (χ2n) is 9.46. The van der Waals surface area contributed by atoms with E-state index in [-0.39, 0.29) is 18.3 Å². The summed E-state index contributed by atoms with van der Waals surface area (Å²) in [6, 6.07) is 0. The van der Waals surface area contributed by atoms with Gasteiger partial charge in [0.15, 0.2) is 5.78 Å². The second-order valence-corrected chi connectivity index (χ2v) is 9.46. The maximum atomic E-state index is 13.1. The Kier molecular flexibility index (Phi) is 6.55. The summed E-state index contributed by atoms with van der Waals surface area (Å²) in [5.74, 6) is -1.46. The molecule has 32 heavy (non-hydrogen) atoms. The number of ketones is 1. The van der Waals surface area contributed by atoms with E-state index >= 15 is 0 Å². The molecule has 3 rings (SSSR count). The number of carbonyl (C=O) groups excluding carboxylic acids is 3. The normalized spacial score (nSPS) is 39.3. The molecule has 0 aromatic rings. The van der Waals surface area contributed by atoms with Gasteiger partial charge in [0.2, 0.25) is 0 Å². The van der Waals surface area contributed by atoms with Gasteiger partial charge < -0.3 is 18.9 Å². The van der Waals surface area contributed by atoms with Crippen LogP contribution >= 0.6 is 0 Å². The molecular weight excluding hydrogens is 412 g/mol. The van der Waals surface area contributed by atoms with Crippen LogP contribution in [-0.2, 0) is 33.3 Å². The fourth-order valence-electron chi connectivity index (χ4n) is 4.27. The van der Waals surface area contributed by atoms with Gasteiger partial charge in [-0.25, -0.2) is 9.59 Å². The minimum Gasteiger partial charge on any atom is -0.456 e. The number of epoxide rings is 2. The molecule has 0 bridgehead atoms. The van der Waals surface area contributed by atoms with Crippen LogP contribution < -0.4 is 0 Å². The summed E-state index contributed by atoms with van der Waals surface area (Å²) in [6.07, 6.45) is 1.49. The smallest absolute Gasteiger partial charge is 0.333 e. The van der Waals surface area contributed by atoms with Gasteiger partial charge in [-0.1, -0.05) is 24.3 Å². The number of carbonyl (C=O) groups is 3. The highest BCUT2D eigenvalue weighted by molar-refractivity contribution is 5.91. The lowest BCUT2D eigenvalue weighted by atomic mass is 9.78. The van der Waals surface area contributed by atoms with Gasteiger partial charge in [-0.05, 0) is 48.5 Å². The van der Waals surface area contributed by atoms with Gasteiger partial charge in [0, 0.05) is 29.9 Å². The molecule has 2 heterocycles. The molecule has 7 heteroatoms. The molecule has 176 valence electrons. The number of Topliss-reactive ketones (excluding diaryl/α,β-unsaturated/α-hetero) is 1. The number of rotatable bonds is 5. The van der Waals surface area contributed by atoms with Crippen molar-refractivity contribution in [2.75, 3.05) is 0 Å². The van der Waals surface area contributed by atoms with Gasteiger partial charge in [-0.3, -0.25) is 4.79 Å². The Morgan fingerprint density at radius 2 is 1.59 bits per heavy atom. The third kappa shape index (κ3) is 4.33. The van der Waals surface area contributed by atoms with E-state index in [1.54, 1.807) is 46.8 Å². The topological polar surface area (TPSA) is 94.7 Å². The first-order chi connectivity index (χ1) is 14.9. The van der Waals surface area contributed by atoms with Crippen molar-refractivity contribution in [1.29, 1.82) is 0 Å². The number of fused-ring (bicyclic) bond motifs is 2. The third-order valence-corrected chi connectivity index (χ3v) is 7.19. The monoisotopic (exact) mass is 446 g/mol. The van der Waals surface area contributed by atoms with Gasteiger partial charge in [-0.15, -0.1) is 0 Å². The van der Waals surface area contributed by atoms with Crippen molar-refractivity contribution in [2.45, 2.75) is 96.9 Å². The first-order valence-electron chi connectivity index (χ1n) is 11.1. The minimum absolute atomic E-state index is 0.0849. The Balaban J connectivity index is 1.99. The van der Waals surface area contributed by atoms with Crippen LogP contribution in [0.1, 0.15) is 61.3 Å². The summed E-state index contributed by atoms with van der Waals surface area (Å²) >= 11 is 0. The molecule has 1 saturated carbocycles. The van der Waals surface area contributed by atoms with Crippen molar-refractivity contribution in [3.63, 3.8) is 0 Å². The lowest BCUT2D eigenvalue weighted by Gasteiger charge is -2.30. The number of hydrogen-bond acceptors (Lipinski definition) is 7. The predicted octanol–water partition coefficient (Wildman–Crippen LogP) is 3.61. The molecule has 7 nitrogen and oxygen atoms in total. The summed E-state index contributed by atoms with van der Waals surface area (Å²) in [5, 5.41) is 0. The fourth-order valence-corrected chi connectivity index (χ4v) is 4.27. The molecule has 0 N–H and O–H groups in total. The van der Waals surface area contributed by atoms with E-state index in [9.17, 15) is 14.4 Å². The van der Waals surface area contributed by atoms with Crippen LogP contribution in [-0.4, -0.2) is 53.3 Å². The number of esters is 2. The van der Waals surface area contributed by atoms with Crippen LogP contribution in [0.2, 0.25) is 0 Å². The summed E-state index contributed by atoms with van der Waals surface area (Å²) in [7, 11) is 0. The average molecular weight is 447 g/mol. The lowest BCUT2D eigenvalue weighted by Crippen LogP contribution is -2.45. The molecule has 3 aliphatic rings. The van der Waals surface area contributed by atoms with Crippen molar-refractivity contribution in [3.8, 4) is 0 Å². The van der Waals surface area contributed by atoms with Gasteiger partial charge in [0.1, 0.15) is 29.5 Å². The zero-order valence-corrected chi connectivity index (χ0v) is 20.0. The summed E-state index contributed by atoms with van der Waals surface area (Å²) < 4.78 is 23.6. The van der Waals surface area contributed by atoms with Crippen LogP contribution in [0.5, 0.6) is 0 Å². The van der Waals surface area contributed by atoms with E-state index < -0.39 is 47.4 Å². The standard InChI is InChI=1S/C25H34O7/c1-9-14(5)22(27)29-18-12-19-24(7,31-19)17(26)11-16(13(3)4)20(21-25(18,8)32-21)30-23(28)15(6)10-2/h9-10,16,18-21H,3,11-12H2,1-2,4-8H3/b14-9-,15-10-/t16-,18?,19-,20-,21+,24-,25+/m0/s1. The quantitative estimate of drug-likeness (QED) is 0.275. The zero-order chi connectivity index (χ0) is 24.0. The Morgan fingerprint density at radius 1 is 1.03 bits per heavy atom. The van der Waals surface area contributed by atoms with E-state index in [4.69, 9.17) is 18.9 Å². The average Bonchev–Trinajstić information content (AvgIpc) is 3.62. The molecule has 1 unspecified atom stereocenters.